The van der Waals surface area contributed by atoms with E-state index in [0.717, 1.165) is 6.61 Å². The van der Waals surface area contributed by atoms with Crippen LogP contribution >= 0.6 is 0 Å². The number of unbranched alkanes of at least 4 members (excludes halogenated alkanes) is 3. The van der Waals surface area contributed by atoms with Crippen molar-refractivity contribution < 1.29 is 3.07 Å². The van der Waals surface area contributed by atoms with Gasteiger partial charge in [0.05, 0.1) is 0 Å². The zero-order valence-electron chi connectivity index (χ0n) is 9.86. The topological polar surface area (TPSA) is 9.23 Å². The van der Waals surface area contributed by atoms with Crippen LogP contribution in [0.15, 0.2) is 0 Å². The van der Waals surface area contributed by atoms with Crippen LogP contribution in [0.4, 0.5) is 0 Å². The summed E-state index contributed by atoms with van der Waals surface area (Å²) in [5.74, 6) is 0. The van der Waals surface area contributed by atoms with E-state index in [-0.39, 0.29) is 0 Å². The first-order valence-electron chi connectivity index (χ1n) is 5.76. The molecule has 0 atom stereocenters. The van der Waals surface area contributed by atoms with Crippen LogP contribution in [0.1, 0.15) is 46.0 Å². The van der Waals surface area contributed by atoms with Gasteiger partial charge in [0, 0.05) is 0 Å². The maximum atomic E-state index is 6.04. The van der Waals surface area contributed by atoms with Gasteiger partial charge < -0.3 is 0 Å². The molecule has 80 valence electrons. The maximum absolute atomic E-state index is 6.04. The minimum atomic E-state index is -1.98. The summed E-state index contributed by atoms with van der Waals surface area (Å²) >= 11 is -1.98. The molecule has 0 saturated heterocycles. The van der Waals surface area contributed by atoms with Crippen molar-refractivity contribution in [1.29, 1.82) is 0 Å². The van der Waals surface area contributed by atoms with Crippen molar-refractivity contribution in [3.05, 3.63) is 0 Å². The second kappa shape index (κ2) is 8.10. The summed E-state index contributed by atoms with van der Waals surface area (Å²) in [6, 6.07) is 0. The molecule has 0 bridgehead atoms. The molecule has 0 unspecified atom stereocenters. The van der Waals surface area contributed by atoms with E-state index in [4.69, 9.17) is 3.07 Å². The van der Waals surface area contributed by atoms with Crippen molar-refractivity contribution in [2.45, 2.75) is 60.3 Å². The van der Waals surface area contributed by atoms with E-state index in [9.17, 15) is 0 Å². The summed E-state index contributed by atoms with van der Waals surface area (Å²) in [4.78, 5) is 4.83. The molecule has 0 aliphatic carbocycles. The minimum absolute atomic E-state index is 1.03. The summed E-state index contributed by atoms with van der Waals surface area (Å²) in [6.45, 7) is 5.53. The fraction of sp³-hybridized carbons (Fsp3) is 1.00. The predicted molar refractivity (Wildman–Crippen MR) is 62.7 cm³/mol. The summed E-state index contributed by atoms with van der Waals surface area (Å²) in [7, 11) is 0. The average molecular weight is 293 g/mol. The molecular formula is C11H26OSn. The monoisotopic (exact) mass is 294 g/mol. The average Bonchev–Trinajstić information content (AvgIpc) is 2.09. The van der Waals surface area contributed by atoms with Gasteiger partial charge in [0.1, 0.15) is 0 Å². The van der Waals surface area contributed by atoms with Gasteiger partial charge in [0.2, 0.25) is 0 Å². The molecule has 0 saturated carbocycles. The van der Waals surface area contributed by atoms with Crippen LogP contribution in [-0.2, 0) is 3.07 Å². The normalized spacial score (nSPS) is 12.0. The molecule has 0 aromatic heterocycles. The first kappa shape index (κ1) is 13.8. The molecule has 0 amide bonds. The Bertz CT molecular complexity index is 113. The van der Waals surface area contributed by atoms with E-state index in [1.807, 2.05) is 0 Å². The molecule has 0 aromatic carbocycles. The Kier molecular flexibility index (Phi) is 8.57. The molecule has 0 N–H and O–H groups in total. The van der Waals surface area contributed by atoms with Gasteiger partial charge in [-0.25, -0.2) is 0 Å². The number of hydrogen-bond donors (Lipinski definition) is 0. The van der Waals surface area contributed by atoms with Crippen molar-refractivity contribution in [2.75, 3.05) is 6.61 Å². The van der Waals surface area contributed by atoms with Crippen LogP contribution in [0.5, 0.6) is 0 Å². The quantitative estimate of drug-likeness (QED) is 0.481. The molecule has 0 rings (SSSR count). The van der Waals surface area contributed by atoms with E-state index in [2.05, 4.69) is 23.7 Å². The molecule has 0 aromatic rings. The molecule has 0 radical (unpaired) electrons. The van der Waals surface area contributed by atoms with Gasteiger partial charge in [-0.2, -0.15) is 0 Å². The second-order valence-electron chi connectivity index (χ2n) is 4.42. The Morgan fingerprint density at radius 3 is 2.08 bits per heavy atom. The zero-order chi connectivity index (χ0) is 10.2. The van der Waals surface area contributed by atoms with Crippen LogP contribution in [-0.4, -0.2) is 25.4 Å². The van der Waals surface area contributed by atoms with Gasteiger partial charge in [-0.3, -0.25) is 0 Å². The Morgan fingerprint density at radius 2 is 1.54 bits per heavy atom. The predicted octanol–water partition coefficient (Wildman–Crippen LogP) is 4.20. The Balaban J connectivity index is 3.39. The van der Waals surface area contributed by atoms with Crippen molar-refractivity contribution in [1.82, 2.24) is 0 Å². The van der Waals surface area contributed by atoms with Crippen molar-refractivity contribution >= 4 is 18.8 Å². The molecule has 13 heavy (non-hydrogen) atoms. The van der Waals surface area contributed by atoms with Crippen LogP contribution in [0.2, 0.25) is 14.3 Å². The summed E-state index contributed by atoms with van der Waals surface area (Å²) in [5.41, 5.74) is 0. The molecule has 0 spiro atoms. The van der Waals surface area contributed by atoms with Gasteiger partial charge in [0.15, 0.2) is 0 Å². The van der Waals surface area contributed by atoms with Crippen molar-refractivity contribution in [2.24, 2.45) is 0 Å². The Morgan fingerprint density at radius 1 is 0.923 bits per heavy atom. The summed E-state index contributed by atoms with van der Waals surface area (Å²) in [5, 5.41) is 0. The first-order valence-corrected chi connectivity index (χ1v) is 14.7. The molecule has 1 nitrogen and oxygen atoms in total. The Hall–Kier alpha value is 0.759. The van der Waals surface area contributed by atoms with Crippen molar-refractivity contribution in [3.63, 3.8) is 0 Å². The number of rotatable bonds is 8. The van der Waals surface area contributed by atoms with Gasteiger partial charge in [0.25, 0.3) is 0 Å². The zero-order valence-corrected chi connectivity index (χ0v) is 12.7. The molecular weight excluding hydrogens is 267 g/mol. The molecule has 0 fully saturated rings. The second-order valence-corrected chi connectivity index (χ2v) is 16.7. The van der Waals surface area contributed by atoms with Crippen molar-refractivity contribution in [3.8, 4) is 0 Å². The van der Waals surface area contributed by atoms with E-state index < -0.39 is 18.8 Å². The van der Waals surface area contributed by atoms with E-state index in [0.29, 0.717) is 0 Å². The van der Waals surface area contributed by atoms with E-state index >= 15 is 0 Å². The van der Waals surface area contributed by atoms with Crippen LogP contribution in [0.25, 0.3) is 0 Å². The van der Waals surface area contributed by atoms with Gasteiger partial charge in [-0.1, -0.05) is 0 Å². The third-order valence-corrected chi connectivity index (χ3v) is 9.63. The molecule has 0 aliphatic heterocycles. The summed E-state index contributed by atoms with van der Waals surface area (Å²) < 4.78 is 7.44. The third-order valence-electron chi connectivity index (χ3n) is 2.37. The van der Waals surface area contributed by atoms with Gasteiger partial charge in [-0.15, -0.1) is 0 Å². The number of hydrogen-bond acceptors (Lipinski definition) is 1. The SMILES string of the molecule is CCCCC[O][Sn]([CH3])([CH3])[CH2]CCC. The fourth-order valence-corrected chi connectivity index (χ4v) is 7.22. The standard InChI is InChI=1S/C5H11O.C4H9.2CH3.Sn/c1-2-3-4-5-6;1-3-4-2;;;/h2-5H2,1H3;1,3-4H2,2H3;2*1H3;/q-1;;;;+1. The van der Waals surface area contributed by atoms with E-state index in [1.54, 1.807) is 0 Å². The molecule has 2 heteroatoms. The molecule has 0 aliphatic rings. The third kappa shape index (κ3) is 9.07. The summed E-state index contributed by atoms with van der Waals surface area (Å²) in [6.07, 6.45) is 6.59. The fourth-order valence-electron chi connectivity index (χ4n) is 1.38. The van der Waals surface area contributed by atoms with E-state index in [1.165, 1.54) is 36.5 Å². The van der Waals surface area contributed by atoms with Gasteiger partial charge in [-0.05, 0) is 0 Å². The first-order chi connectivity index (χ1) is 6.12. The molecule has 0 heterocycles. The van der Waals surface area contributed by atoms with Crippen LogP contribution in [0, 0.1) is 0 Å². The van der Waals surface area contributed by atoms with Crippen LogP contribution in [0.3, 0.4) is 0 Å². The van der Waals surface area contributed by atoms with Crippen LogP contribution < -0.4 is 0 Å². The Labute approximate surface area is 88.7 Å². The van der Waals surface area contributed by atoms with Gasteiger partial charge >= 0.3 is 88.7 Å².